The molecule has 6 heteroatoms. The zero-order valence-electron chi connectivity index (χ0n) is 13.8. The standard InChI is InChI=1S/C19H20N2O4/c1-25-18-12-15(7-8-17(18)23)13-20-21-19(24)16(9-10-22)11-14-5-3-2-4-6-14/h2-8,11-13,22-23H,9-10H2,1H3,(H,21,24)/b16-11+,20-13?. The highest BCUT2D eigenvalue weighted by molar-refractivity contribution is 5.98. The third-order valence-corrected chi connectivity index (χ3v) is 3.40. The fraction of sp³-hybridized carbons (Fsp3) is 0.158. The van der Waals surface area contributed by atoms with Gasteiger partial charge in [-0.2, -0.15) is 5.10 Å². The largest absolute Gasteiger partial charge is 0.504 e. The maximum Gasteiger partial charge on any atom is 0.267 e. The monoisotopic (exact) mass is 340 g/mol. The molecule has 0 saturated heterocycles. The van der Waals surface area contributed by atoms with E-state index in [9.17, 15) is 9.90 Å². The lowest BCUT2D eigenvalue weighted by atomic mass is 10.1. The smallest absolute Gasteiger partial charge is 0.267 e. The Morgan fingerprint density at radius 3 is 2.64 bits per heavy atom. The van der Waals surface area contributed by atoms with Crippen molar-refractivity contribution in [3.05, 3.63) is 65.2 Å². The Kier molecular flexibility index (Phi) is 6.74. The molecule has 130 valence electrons. The van der Waals surface area contributed by atoms with Gasteiger partial charge < -0.3 is 14.9 Å². The lowest BCUT2D eigenvalue weighted by Gasteiger charge is -2.05. The highest BCUT2D eigenvalue weighted by Gasteiger charge is 2.08. The summed E-state index contributed by atoms with van der Waals surface area (Å²) >= 11 is 0. The fourth-order valence-corrected chi connectivity index (χ4v) is 2.13. The Morgan fingerprint density at radius 2 is 1.96 bits per heavy atom. The number of amides is 1. The molecular weight excluding hydrogens is 320 g/mol. The van der Waals surface area contributed by atoms with Crippen molar-refractivity contribution in [2.24, 2.45) is 5.10 Å². The molecule has 0 atom stereocenters. The van der Waals surface area contributed by atoms with Crippen LogP contribution in [0.5, 0.6) is 11.5 Å². The maximum absolute atomic E-state index is 12.2. The number of methoxy groups -OCH3 is 1. The Bertz CT molecular complexity index is 770. The van der Waals surface area contributed by atoms with Crippen LogP contribution in [0.25, 0.3) is 6.08 Å². The first-order valence-corrected chi connectivity index (χ1v) is 7.71. The predicted molar refractivity (Wildman–Crippen MR) is 96.5 cm³/mol. The topological polar surface area (TPSA) is 91.2 Å². The molecule has 0 aliphatic rings. The summed E-state index contributed by atoms with van der Waals surface area (Å²) in [6.45, 7) is -0.134. The molecule has 0 unspecified atom stereocenters. The Hall–Kier alpha value is -3.12. The maximum atomic E-state index is 12.2. The van der Waals surface area contributed by atoms with Crippen LogP contribution in [0.3, 0.4) is 0 Å². The molecule has 0 heterocycles. The number of carbonyl (C=O) groups excluding carboxylic acids is 1. The van der Waals surface area contributed by atoms with Gasteiger partial charge in [0.25, 0.3) is 5.91 Å². The van der Waals surface area contributed by atoms with Crippen LogP contribution < -0.4 is 10.2 Å². The van der Waals surface area contributed by atoms with E-state index in [-0.39, 0.29) is 24.7 Å². The molecule has 0 bridgehead atoms. The third kappa shape index (κ3) is 5.47. The average Bonchev–Trinajstić information content (AvgIpc) is 2.63. The number of hydrogen-bond donors (Lipinski definition) is 3. The molecule has 1 amide bonds. The van der Waals surface area contributed by atoms with Crippen molar-refractivity contribution in [1.82, 2.24) is 5.43 Å². The Balaban J connectivity index is 2.07. The lowest BCUT2D eigenvalue weighted by Crippen LogP contribution is -2.20. The van der Waals surface area contributed by atoms with E-state index < -0.39 is 0 Å². The summed E-state index contributed by atoms with van der Waals surface area (Å²) in [5, 5.41) is 22.6. The van der Waals surface area contributed by atoms with Crippen molar-refractivity contribution >= 4 is 18.2 Å². The van der Waals surface area contributed by atoms with Crippen molar-refractivity contribution in [2.45, 2.75) is 6.42 Å². The molecule has 0 fully saturated rings. The minimum absolute atomic E-state index is 0.0275. The number of phenolic OH excluding ortho intramolecular Hbond substituents is 1. The van der Waals surface area contributed by atoms with Gasteiger partial charge in [-0.05, 0) is 35.4 Å². The van der Waals surface area contributed by atoms with E-state index in [4.69, 9.17) is 9.84 Å². The van der Waals surface area contributed by atoms with Crippen molar-refractivity contribution in [2.75, 3.05) is 13.7 Å². The summed E-state index contributed by atoms with van der Waals surface area (Å²) in [6.07, 6.45) is 3.38. The highest BCUT2D eigenvalue weighted by Crippen LogP contribution is 2.25. The molecule has 3 N–H and O–H groups in total. The van der Waals surface area contributed by atoms with Crippen molar-refractivity contribution in [1.29, 1.82) is 0 Å². The van der Waals surface area contributed by atoms with Gasteiger partial charge in [0.1, 0.15) is 0 Å². The number of ether oxygens (including phenoxy) is 1. The number of aliphatic hydroxyl groups excluding tert-OH is 1. The Labute approximate surface area is 146 Å². The van der Waals surface area contributed by atoms with E-state index >= 15 is 0 Å². The SMILES string of the molecule is COc1cc(C=NNC(=O)/C(=C/c2ccccc2)CCO)ccc1O. The van der Waals surface area contributed by atoms with E-state index in [1.54, 1.807) is 18.2 Å². The zero-order valence-corrected chi connectivity index (χ0v) is 13.8. The first-order chi connectivity index (χ1) is 12.1. The molecule has 0 aromatic heterocycles. The van der Waals surface area contributed by atoms with Gasteiger partial charge in [0.15, 0.2) is 11.5 Å². The number of benzene rings is 2. The number of aromatic hydroxyl groups is 1. The van der Waals surface area contributed by atoms with E-state index in [2.05, 4.69) is 10.5 Å². The van der Waals surface area contributed by atoms with Crippen LogP contribution in [0.1, 0.15) is 17.5 Å². The van der Waals surface area contributed by atoms with Crippen molar-refractivity contribution in [3.8, 4) is 11.5 Å². The van der Waals surface area contributed by atoms with Crippen LogP contribution in [0.2, 0.25) is 0 Å². The van der Waals surface area contributed by atoms with E-state index in [0.717, 1.165) is 5.56 Å². The molecule has 0 spiro atoms. The number of hydrogen-bond acceptors (Lipinski definition) is 5. The number of rotatable bonds is 7. The van der Waals surface area contributed by atoms with E-state index in [1.807, 2.05) is 30.3 Å². The molecule has 25 heavy (non-hydrogen) atoms. The minimum atomic E-state index is -0.389. The van der Waals surface area contributed by atoms with Crippen LogP contribution in [0.15, 0.2) is 59.2 Å². The fourth-order valence-electron chi connectivity index (χ4n) is 2.13. The predicted octanol–water partition coefficient (Wildman–Crippen LogP) is 2.32. The number of carbonyl (C=O) groups is 1. The number of aliphatic hydroxyl groups is 1. The lowest BCUT2D eigenvalue weighted by molar-refractivity contribution is -0.117. The van der Waals surface area contributed by atoms with Gasteiger partial charge in [0.2, 0.25) is 0 Å². The molecule has 2 aromatic carbocycles. The van der Waals surface area contributed by atoms with Crippen LogP contribution in [0.4, 0.5) is 0 Å². The second-order valence-electron chi connectivity index (χ2n) is 5.18. The molecular formula is C19H20N2O4. The van der Waals surface area contributed by atoms with Gasteiger partial charge in [-0.15, -0.1) is 0 Å². The number of nitrogens with zero attached hydrogens (tertiary/aromatic N) is 1. The second-order valence-corrected chi connectivity index (χ2v) is 5.18. The molecule has 0 aliphatic carbocycles. The summed E-state index contributed by atoms with van der Waals surface area (Å²) in [5.74, 6) is -0.0418. The highest BCUT2D eigenvalue weighted by atomic mass is 16.5. The second kappa shape index (κ2) is 9.24. The van der Waals surface area contributed by atoms with Crippen LogP contribution in [-0.2, 0) is 4.79 Å². The van der Waals surface area contributed by atoms with Crippen LogP contribution >= 0.6 is 0 Å². The van der Waals surface area contributed by atoms with Gasteiger partial charge in [-0.25, -0.2) is 5.43 Å². The van der Waals surface area contributed by atoms with Crippen molar-refractivity contribution < 1.29 is 19.7 Å². The molecule has 0 saturated carbocycles. The molecule has 0 radical (unpaired) electrons. The average molecular weight is 340 g/mol. The van der Waals surface area contributed by atoms with Gasteiger partial charge in [0.05, 0.1) is 13.3 Å². The molecule has 2 rings (SSSR count). The minimum Gasteiger partial charge on any atom is -0.504 e. The Morgan fingerprint density at radius 1 is 1.20 bits per heavy atom. The normalized spacial score (nSPS) is 11.5. The molecule has 6 nitrogen and oxygen atoms in total. The van der Waals surface area contributed by atoms with Gasteiger partial charge >= 0.3 is 0 Å². The molecule has 2 aromatic rings. The summed E-state index contributed by atoms with van der Waals surface area (Å²) < 4.78 is 5.01. The summed E-state index contributed by atoms with van der Waals surface area (Å²) in [7, 11) is 1.45. The van der Waals surface area contributed by atoms with Gasteiger partial charge in [0, 0.05) is 18.6 Å². The molecule has 0 aliphatic heterocycles. The first-order valence-electron chi connectivity index (χ1n) is 7.71. The third-order valence-electron chi connectivity index (χ3n) is 3.40. The van der Waals surface area contributed by atoms with E-state index in [1.165, 1.54) is 19.4 Å². The number of hydrazone groups is 1. The van der Waals surface area contributed by atoms with Gasteiger partial charge in [-0.1, -0.05) is 30.3 Å². The first kappa shape index (κ1) is 18.2. The van der Waals surface area contributed by atoms with Crippen LogP contribution in [-0.4, -0.2) is 36.1 Å². The summed E-state index contributed by atoms with van der Waals surface area (Å²) in [6, 6.07) is 14.1. The number of nitrogens with one attached hydrogen (secondary N) is 1. The van der Waals surface area contributed by atoms with Crippen LogP contribution in [0, 0.1) is 0 Å². The quantitative estimate of drug-likeness (QED) is 0.410. The summed E-state index contributed by atoms with van der Waals surface area (Å²) in [4.78, 5) is 12.2. The van der Waals surface area contributed by atoms with E-state index in [0.29, 0.717) is 16.9 Å². The number of phenols is 1. The zero-order chi connectivity index (χ0) is 18.1. The van der Waals surface area contributed by atoms with Gasteiger partial charge in [-0.3, -0.25) is 4.79 Å². The van der Waals surface area contributed by atoms with Crippen molar-refractivity contribution in [3.63, 3.8) is 0 Å². The summed E-state index contributed by atoms with van der Waals surface area (Å²) in [5.41, 5.74) is 4.39.